The molecule has 0 saturated heterocycles. The number of aromatic hydroxyl groups is 2. The fraction of sp³-hybridized carbons (Fsp3) is 0.483. The van der Waals surface area contributed by atoms with Crippen molar-refractivity contribution in [1.29, 1.82) is 0 Å². The number of aliphatic hydroxyl groups excluding tert-OH is 2. The minimum atomic E-state index is -2.17. The number of ether oxygens (including phenoxy) is 2. The molecule has 1 fully saturated rings. The van der Waals surface area contributed by atoms with Crippen molar-refractivity contribution in [3.05, 3.63) is 51.6 Å². The van der Waals surface area contributed by atoms with E-state index in [9.17, 15) is 39.9 Å². The summed E-state index contributed by atoms with van der Waals surface area (Å²) in [4.78, 5) is 40.0. The van der Waals surface area contributed by atoms with Crippen LogP contribution in [-0.2, 0) is 16.0 Å². The molecule has 0 spiro atoms. The van der Waals surface area contributed by atoms with Gasteiger partial charge in [0, 0.05) is 35.6 Å². The SMILES string of the molecule is CNC1CC(OC2CC(O)(C(=O)CO)Cc3c(O)c4c(c(O)c32)C(=O)c2c(OC)cccc2C4=O)CC(C)C1O. The van der Waals surface area contributed by atoms with E-state index in [1.54, 1.807) is 7.05 Å². The highest BCUT2D eigenvalue weighted by Crippen LogP contribution is 2.52. The number of aliphatic hydroxyl groups is 3. The molecule has 0 amide bonds. The molecular weight excluding hydrogens is 522 g/mol. The number of methoxy groups -OCH3 is 1. The maximum Gasteiger partial charge on any atom is 0.202 e. The fourth-order valence-electron chi connectivity index (χ4n) is 6.50. The van der Waals surface area contributed by atoms with Gasteiger partial charge in [0.05, 0.1) is 42.1 Å². The average molecular weight is 556 g/mol. The highest BCUT2D eigenvalue weighted by Gasteiger charge is 2.50. The van der Waals surface area contributed by atoms with Gasteiger partial charge in [-0.2, -0.15) is 0 Å². The monoisotopic (exact) mass is 555 g/mol. The maximum absolute atomic E-state index is 13.7. The van der Waals surface area contributed by atoms with Gasteiger partial charge in [-0.1, -0.05) is 19.1 Å². The number of Topliss-reactive ketones (excluding diaryl/α,β-unsaturated/α-hetero) is 1. The Morgan fingerprint density at radius 2 is 1.80 bits per heavy atom. The van der Waals surface area contributed by atoms with Crippen molar-refractivity contribution in [3.63, 3.8) is 0 Å². The number of rotatable bonds is 6. The van der Waals surface area contributed by atoms with Gasteiger partial charge in [-0.05, 0) is 31.9 Å². The molecule has 0 aromatic heterocycles. The van der Waals surface area contributed by atoms with E-state index in [1.165, 1.54) is 25.3 Å². The molecule has 5 rings (SSSR count). The number of likely N-dealkylation sites (N-methyl/N-ethyl adjacent to an activating group) is 1. The van der Waals surface area contributed by atoms with E-state index in [2.05, 4.69) is 5.32 Å². The predicted octanol–water partition coefficient (Wildman–Crippen LogP) is 0.926. The van der Waals surface area contributed by atoms with Crippen LogP contribution in [0.25, 0.3) is 0 Å². The summed E-state index contributed by atoms with van der Waals surface area (Å²) < 4.78 is 11.7. The predicted molar refractivity (Wildman–Crippen MR) is 140 cm³/mol. The molecule has 0 bridgehead atoms. The number of benzene rings is 2. The van der Waals surface area contributed by atoms with Crippen LogP contribution in [0.4, 0.5) is 0 Å². The third kappa shape index (κ3) is 4.20. The van der Waals surface area contributed by atoms with E-state index < -0.39 is 76.9 Å². The Hall–Kier alpha value is -3.35. The molecule has 1 saturated carbocycles. The van der Waals surface area contributed by atoms with Gasteiger partial charge in [-0.3, -0.25) is 14.4 Å². The van der Waals surface area contributed by atoms with Crippen LogP contribution in [0.3, 0.4) is 0 Å². The first kappa shape index (κ1) is 28.2. The number of carbonyl (C=O) groups excluding carboxylic acids is 3. The van der Waals surface area contributed by atoms with Gasteiger partial charge < -0.3 is 40.3 Å². The Bertz CT molecular complexity index is 1400. The van der Waals surface area contributed by atoms with E-state index in [0.717, 1.165) is 0 Å². The van der Waals surface area contributed by atoms with Crippen molar-refractivity contribution < 1.29 is 49.4 Å². The molecule has 11 heteroatoms. The average Bonchev–Trinajstić information content (AvgIpc) is 2.94. The van der Waals surface area contributed by atoms with Crippen LogP contribution in [0, 0.1) is 5.92 Å². The molecule has 3 aliphatic rings. The van der Waals surface area contributed by atoms with Crippen molar-refractivity contribution in [2.75, 3.05) is 20.8 Å². The summed E-state index contributed by atoms with van der Waals surface area (Å²) in [6, 6.07) is 4.13. The van der Waals surface area contributed by atoms with Gasteiger partial charge in [0.2, 0.25) is 5.78 Å². The highest BCUT2D eigenvalue weighted by atomic mass is 16.5. The summed E-state index contributed by atoms with van der Waals surface area (Å²) in [5.41, 5.74) is -3.22. The largest absolute Gasteiger partial charge is 0.507 e. The Labute approximate surface area is 230 Å². The zero-order valence-electron chi connectivity index (χ0n) is 22.4. The van der Waals surface area contributed by atoms with Crippen LogP contribution in [-0.4, -0.2) is 87.5 Å². The Kier molecular flexibility index (Phi) is 7.22. The number of hydrogen-bond donors (Lipinski definition) is 6. The maximum atomic E-state index is 13.7. The molecule has 0 heterocycles. The molecule has 6 atom stereocenters. The van der Waals surface area contributed by atoms with E-state index in [-0.39, 0.29) is 46.4 Å². The van der Waals surface area contributed by atoms with Crippen LogP contribution >= 0.6 is 0 Å². The van der Waals surface area contributed by atoms with Crippen LogP contribution in [0.2, 0.25) is 0 Å². The lowest BCUT2D eigenvalue weighted by Crippen LogP contribution is -2.51. The first-order valence-corrected chi connectivity index (χ1v) is 13.2. The van der Waals surface area contributed by atoms with Crippen molar-refractivity contribution in [2.45, 2.75) is 62.6 Å². The summed E-state index contributed by atoms with van der Waals surface area (Å²) in [7, 11) is 3.05. The fourth-order valence-corrected chi connectivity index (χ4v) is 6.50. The van der Waals surface area contributed by atoms with Crippen molar-refractivity contribution in [3.8, 4) is 17.2 Å². The number of nitrogens with one attached hydrogen (secondary N) is 1. The van der Waals surface area contributed by atoms with Gasteiger partial charge in [0.1, 0.15) is 29.5 Å². The molecule has 0 radical (unpaired) electrons. The van der Waals surface area contributed by atoms with Crippen LogP contribution < -0.4 is 10.1 Å². The molecule has 0 aliphatic heterocycles. The number of phenols is 2. The van der Waals surface area contributed by atoms with Crippen LogP contribution in [0.1, 0.15) is 75.3 Å². The summed E-state index contributed by atoms with van der Waals surface area (Å²) in [5.74, 6) is -3.64. The zero-order valence-corrected chi connectivity index (χ0v) is 22.4. The Morgan fingerprint density at radius 1 is 1.10 bits per heavy atom. The third-order valence-corrected chi connectivity index (χ3v) is 8.61. The van der Waals surface area contributed by atoms with Crippen molar-refractivity contribution in [2.24, 2.45) is 5.92 Å². The van der Waals surface area contributed by atoms with E-state index in [1.807, 2.05) is 6.92 Å². The molecule has 2 aromatic carbocycles. The molecule has 6 N–H and O–H groups in total. The third-order valence-electron chi connectivity index (χ3n) is 8.61. The van der Waals surface area contributed by atoms with Crippen LogP contribution in [0.15, 0.2) is 18.2 Å². The number of ketones is 3. The first-order chi connectivity index (χ1) is 19.0. The highest BCUT2D eigenvalue weighted by molar-refractivity contribution is 6.31. The second-order valence-corrected chi connectivity index (χ2v) is 11.0. The zero-order chi connectivity index (χ0) is 29.1. The molecule has 11 nitrogen and oxygen atoms in total. The summed E-state index contributed by atoms with van der Waals surface area (Å²) in [6.07, 6.45) is -2.38. The lowest BCUT2D eigenvalue weighted by atomic mass is 9.71. The minimum Gasteiger partial charge on any atom is -0.507 e. The number of hydrogen-bond acceptors (Lipinski definition) is 11. The molecular formula is C29H33NO10. The minimum absolute atomic E-state index is 0.00838. The van der Waals surface area contributed by atoms with Crippen molar-refractivity contribution >= 4 is 17.3 Å². The standard InChI is InChI=1S/C29H33NO10/c1-12-7-13(8-16(30-2)24(12)33)40-18-10-29(38,19(32)11-31)9-15-21(18)28(37)23-22(26(15)35)25(34)14-5-4-6-17(39-3)20(14)27(23)36/h4-6,12-13,16,18,24,30-31,33,35,37-38H,7-11H2,1-3H3. The Balaban J connectivity index is 1.68. The normalized spacial score (nSPS) is 29.4. The van der Waals surface area contributed by atoms with Gasteiger partial charge in [0.25, 0.3) is 0 Å². The summed E-state index contributed by atoms with van der Waals surface area (Å²) in [5, 5.41) is 57.5. The van der Waals surface area contributed by atoms with Gasteiger partial charge in [-0.15, -0.1) is 0 Å². The molecule has 214 valence electrons. The van der Waals surface area contributed by atoms with E-state index in [0.29, 0.717) is 12.8 Å². The Morgan fingerprint density at radius 3 is 2.45 bits per heavy atom. The van der Waals surface area contributed by atoms with Crippen molar-refractivity contribution in [1.82, 2.24) is 5.32 Å². The molecule has 3 aliphatic carbocycles. The first-order valence-electron chi connectivity index (χ1n) is 13.2. The smallest absolute Gasteiger partial charge is 0.202 e. The lowest BCUT2D eigenvalue weighted by molar-refractivity contribution is -0.151. The molecule has 2 aromatic rings. The van der Waals surface area contributed by atoms with E-state index >= 15 is 0 Å². The second kappa shape index (κ2) is 10.2. The quantitative estimate of drug-likeness (QED) is 0.238. The van der Waals surface area contributed by atoms with E-state index in [4.69, 9.17) is 9.47 Å². The lowest BCUT2D eigenvalue weighted by Gasteiger charge is -2.43. The molecule has 40 heavy (non-hydrogen) atoms. The topological polar surface area (TPSA) is 183 Å². The number of fused-ring (bicyclic) bond motifs is 3. The summed E-state index contributed by atoms with van der Waals surface area (Å²) >= 11 is 0. The molecule has 6 unspecified atom stereocenters. The number of carbonyl (C=O) groups is 3. The second-order valence-electron chi connectivity index (χ2n) is 11.0. The number of phenolic OH excluding ortho intramolecular Hbond substituents is 2. The van der Waals surface area contributed by atoms with Gasteiger partial charge in [0.15, 0.2) is 11.6 Å². The summed E-state index contributed by atoms with van der Waals surface area (Å²) in [6.45, 7) is 0.884. The van der Waals surface area contributed by atoms with Gasteiger partial charge >= 0.3 is 0 Å². The van der Waals surface area contributed by atoms with Crippen LogP contribution in [0.5, 0.6) is 17.2 Å². The van der Waals surface area contributed by atoms with Gasteiger partial charge in [-0.25, -0.2) is 0 Å².